The summed E-state index contributed by atoms with van der Waals surface area (Å²) in [4.78, 5) is 11.1. The van der Waals surface area contributed by atoms with Crippen LogP contribution in [0, 0.1) is 0 Å². The van der Waals surface area contributed by atoms with Crippen LogP contribution in [0.25, 0.3) is 11.3 Å². The van der Waals surface area contributed by atoms with E-state index in [2.05, 4.69) is 22.1 Å². The number of nitrogens with zero attached hydrogens (tertiary/aromatic N) is 1. The molecule has 2 aromatic rings. The van der Waals surface area contributed by atoms with Gasteiger partial charge in [0.25, 0.3) is 0 Å². The Hall–Kier alpha value is -2.50. The summed E-state index contributed by atoms with van der Waals surface area (Å²) in [6.07, 6.45) is 4.14. The first-order valence-corrected chi connectivity index (χ1v) is 7.78. The Labute approximate surface area is 135 Å². The number of hydrogen-bond donors (Lipinski definition) is 1. The average Bonchev–Trinajstić information content (AvgIpc) is 3.03. The number of aromatic nitrogens is 1. The van der Waals surface area contributed by atoms with Crippen molar-refractivity contribution in [3.63, 3.8) is 0 Å². The van der Waals surface area contributed by atoms with Crippen LogP contribution >= 0.6 is 0 Å². The number of amides is 1. The number of benzene rings is 1. The highest BCUT2D eigenvalue weighted by Gasteiger charge is 2.09. The summed E-state index contributed by atoms with van der Waals surface area (Å²) in [6.45, 7) is 2.92. The molecule has 1 heterocycles. The highest BCUT2D eigenvalue weighted by molar-refractivity contribution is 5.83. The van der Waals surface area contributed by atoms with Crippen molar-refractivity contribution in [2.45, 2.75) is 32.6 Å². The van der Waals surface area contributed by atoms with E-state index in [1.807, 2.05) is 24.3 Å². The SMILES string of the molecule is CCCCCCOc1ccc(-c2cc(NC(=O)OC)on2)cc1. The Kier molecular flexibility index (Phi) is 6.47. The molecule has 6 heteroatoms. The van der Waals surface area contributed by atoms with E-state index >= 15 is 0 Å². The van der Waals surface area contributed by atoms with E-state index in [0.29, 0.717) is 5.69 Å². The minimum Gasteiger partial charge on any atom is -0.494 e. The number of ether oxygens (including phenoxy) is 2. The fourth-order valence-corrected chi connectivity index (χ4v) is 2.06. The van der Waals surface area contributed by atoms with Crippen LogP contribution in [0.3, 0.4) is 0 Å². The van der Waals surface area contributed by atoms with E-state index in [-0.39, 0.29) is 5.88 Å². The predicted octanol–water partition coefficient (Wildman–Crippen LogP) is 4.48. The molecule has 23 heavy (non-hydrogen) atoms. The number of nitrogens with one attached hydrogen (secondary N) is 1. The Bertz CT molecular complexity index is 607. The number of rotatable bonds is 8. The number of unbranched alkanes of at least 4 members (excludes halogenated alkanes) is 3. The molecule has 1 aromatic carbocycles. The van der Waals surface area contributed by atoms with Crippen molar-refractivity contribution in [3.05, 3.63) is 30.3 Å². The van der Waals surface area contributed by atoms with Crippen LogP contribution in [-0.2, 0) is 4.74 Å². The lowest BCUT2D eigenvalue weighted by molar-refractivity contribution is 0.186. The zero-order chi connectivity index (χ0) is 16.5. The highest BCUT2D eigenvalue weighted by Crippen LogP contribution is 2.24. The van der Waals surface area contributed by atoms with Gasteiger partial charge in [0, 0.05) is 11.6 Å². The number of methoxy groups -OCH3 is 1. The van der Waals surface area contributed by atoms with E-state index in [1.54, 1.807) is 6.07 Å². The lowest BCUT2D eigenvalue weighted by Crippen LogP contribution is -2.09. The van der Waals surface area contributed by atoms with Gasteiger partial charge in [-0.3, -0.25) is 5.32 Å². The number of carbonyl (C=O) groups excluding carboxylic acids is 1. The largest absolute Gasteiger partial charge is 0.494 e. The maximum Gasteiger partial charge on any atom is 0.413 e. The van der Waals surface area contributed by atoms with Gasteiger partial charge in [0.15, 0.2) is 0 Å². The topological polar surface area (TPSA) is 73.6 Å². The van der Waals surface area contributed by atoms with E-state index in [4.69, 9.17) is 9.26 Å². The molecule has 0 unspecified atom stereocenters. The maximum absolute atomic E-state index is 11.1. The number of anilines is 1. The summed E-state index contributed by atoms with van der Waals surface area (Å²) in [7, 11) is 1.29. The molecule has 0 aliphatic rings. The first-order chi connectivity index (χ1) is 11.2. The van der Waals surface area contributed by atoms with Crippen LogP contribution in [0.5, 0.6) is 5.75 Å². The maximum atomic E-state index is 11.1. The lowest BCUT2D eigenvalue weighted by Gasteiger charge is -2.06. The molecule has 1 N–H and O–H groups in total. The molecule has 2 rings (SSSR count). The molecule has 0 bridgehead atoms. The Balaban J connectivity index is 1.88. The molecule has 0 aliphatic heterocycles. The van der Waals surface area contributed by atoms with Gasteiger partial charge in [-0.1, -0.05) is 31.3 Å². The van der Waals surface area contributed by atoms with Crippen LogP contribution in [0.15, 0.2) is 34.9 Å². The molecule has 0 atom stereocenters. The van der Waals surface area contributed by atoms with Crippen LogP contribution in [0.2, 0.25) is 0 Å². The molecule has 0 radical (unpaired) electrons. The summed E-state index contributed by atoms with van der Waals surface area (Å²) in [6, 6.07) is 9.24. The van der Waals surface area contributed by atoms with Gasteiger partial charge < -0.3 is 14.0 Å². The first kappa shape index (κ1) is 16.9. The minimum absolute atomic E-state index is 0.239. The molecule has 0 saturated heterocycles. The molecule has 0 spiro atoms. The predicted molar refractivity (Wildman–Crippen MR) is 87.6 cm³/mol. The van der Waals surface area contributed by atoms with Crippen molar-refractivity contribution in [1.29, 1.82) is 0 Å². The minimum atomic E-state index is -0.598. The third-order valence-corrected chi connectivity index (χ3v) is 3.34. The fourth-order valence-electron chi connectivity index (χ4n) is 2.06. The molecule has 1 aromatic heterocycles. The molecule has 124 valence electrons. The fraction of sp³-hybridized carbons (Fsp3) is 0.412. The molecule has 0 fully saturated rings. The zero-order valence-corrected chi connectivity index (χ0v) is 13.5. The Morgan fingerprint density at radius 2 is 2.00 bits per heavy atom. The Morgan fingerprint density at radius 1 is 1.22 bits per heavy atom. The summed E-state index contributed by atoms with van der Waals surface area (Å²) < 4.78 is 15.2. The normalized spacial score (nSPS) is 10.3. The van der Waals surface area contributed by atoms with Gasteiger partial charge in [0.1, 0.15) is 11.4 Å². The van der Waals surface area contributed by atoms with E-state index in [9.17, 15) is 4.79 Å². The van der Waals surface area contributed by atoms with E-state index in [1.165, 1.54) is 26.4 Å². The van der Waals surface area contributed by atoms with E-state index in [0.717, 1.165) is 24.3 Å². The smallest absolute Gasteiger partial charge is 0.413 e. The van der Waals surface area contributed by atoms with Crippen LogP contribution in [-0.4, -0.2) is 25.0 Å². The highest BCUT2D eigenvalue weighted by atomic mass is 16.5. The second kappa shape index (κ2) is 8.82. The van der Waals surface area contributed by atoms with Gasteiger partial charge in [0.2, 0.25) is 5.88 Å². The summed E-state index contributed by atoms with van der Waals surface area (Å²) >= 11 is 0. The molecule has 0 aliphatic carbocycles. The van der Waals surface area contributed by atoms with Gasteiger partial charge in [-0.2, -0.15) is 0 Å². The van der Waals surface area contributed by atoms with Crippen molar-refractivity contribution in [2.24, 2.45) is 0 Å². The van der Waals surface area contributed by atoms with Crippen molar-refractivity contribution in [1.82, 2.24) is 5.16 Å². The Morgan fingerprint density at radius 3 is 2.70 bits per heavy atom. The van der Waals surface area contributed by atoms with Gasteiger partial charge in [-0.15, -0.1) is 0 Å². The van der Waals surface area contributed by atoms with Crippen LogP contribution < -0.4 is 10.1 Å². The van der Waals surface area contributed by atoms with Crippen LogP contribution in [0.1, 0.15) is 32.6 Å². The second-order valence-electron chi connectivity index (χ2n) is 5.13. The van der Waals surface area contributed by atoms with Gasteiger partial charge in [-0.25, -0.2) is 4.79 Å². The van der Waals surface area contributed by atoms with Gasteiger partial charge in [-0.05, 0) is 30.7 Å². The monoisotopic (exact) mass is 318 g/mol. The third kappa shape index (κ3) is 5.32. The average molecular weight is 318 g/mol. The molecular weight excluding hydrogens is 296 g/mol. The summed E-state index contributed by atoms with van der Waals surface area (Å²) in [5.41, 5.74) is 1.51. The third-order valence-electron chi connectivity index (χ3n) is 3.34. The standard InChI is InChI=1S/C17H22N2O4/c1-3-4-5-6-11-22-14-9-7-13(8-10-14)15-12-16(23-19-15)18-17(20)21-2/h7-10,12H,3-6,11H2,1-2H3,(H,18,20). The van der Waals surface area contributed by atoms with Crippen molar-refractivity contribution in [3.8, 4) is 17.0 Å². The zero-order valence-electron chi connectivity index (χ0n) is 13.5. The van der Waals surface area contributed by atoms with Crippen molar-refractivity contribution in [2.75, 3.05) is 19.0 Å². The van der Waals surface area contributed by atoms with Crippen molar-refractivity contribution >= 4 is 12.0 Å². The molecule has 6 nitrogen and oxygen atoms in total. The van der Waals surface area contributed by atoms with Crippen molar-refractivity contribution < 1.29 is 18.8 Å². The summed E-state index contributed by atoms with van der Waals surface area (Å²) in [5, 5.41) is 6.34. The number of carbonyl (C=O) groups is 1. The lowest BCUT2D eigenvalue weighted by atomic mass is 10.1. The number of hydrogen-bond acceptors (Lipinski definition) is 5. The molecule has 1 amide bonds. The summed E-state index contributed by atoms with van der Waals surface area (Å²) in [5.74, 6) is 1.07. The van der Waals surface area contributed by atoms with E-state index < -0.39 is 6.09 Å². The van der Waals surface area contributed by atoms with Crippen LogP contribution in [0.4, 0.5) is 10.7 Å². The van der Waals surface area contributed by atoms with Gasteiger partial charge >= 0.3 is 6.09 Å². The molecule has 0 saturated carbocycles. The molecular formula is C17H22N2O4. The first-order valence-electron chi connectivity index (χ1n) is 7.78. The quantitative estimate of drug-likeness (QED) is 0.726. The van der Waals surface area contributed by atoms with Gasteiger partial charge in [0.05, 0.1) is 13.7 Å². The second-order valence-corrected chi connectivity index (χ2v) is 5.13.